The molecule has 1 amide bonds. The van der Waals surface area contributed by atoms with Crippen molar-refractivity contribution in [2.45, 2.75) is 6.54 Å². The third-order valence-corrected chi connectivity index (χ3v) is 3.57. The van der Waals surface area contributed by atoms with Gasteiger partial charge in [-0.1, -0.05) is 12.1 Å². The van der Waals surface area contributed by atoms with Gasteiger partial charge in [0, 0.05) is 30.2 Å². The summed E-state index contributed by atoms with van der Waals surface area (Å²) in [7, 11) is 0. The molecule has 0 unspecified atom stereocenters. The monoisotopic (exact) mass is 301 g/mol. The van der Waals surface area contributed by atoms with Crippen molar-refractivity contribution >= 4 is 5.91 Å². The van der Waals surface area contributed by atoms with Gasteiger partial charge in [0.25, 0.3) is 5.91 Å². The van der Waals surface area contributed by atoms with Gasteiger partial charge in [0.15, 0.2) is 0 Å². The fourth-order valence-electron chi connectivity index (χ4n) is 2.27. The Kier molecular flexibility index (Phi) is 4.21. The lowest BCUT2D eigenvalue weighted by Crippen LogP contribution is -2.22. The summed E-state index contributed by atoms with van der Waals surface area (Å²) in [5.41, 5.74) is 3.20. The van der Waals surface area contributed by atoms with Crippen LogP contribution < -0.4 is 5.32 Å². The van der Waals surface area contributed by atoms with E-state index in [9.17, 15) is 4.79 Å². The molecule has 0 aliphatic rings. The van der Waals surface area contributed by atoms with E-state index in [1.54, 1.807) is 12.1 Å². The number of benzene rings is 2. The summed E-state index contributed by atoms with van der Waals surface area (Å²) in [5.74, 6) is -0.117. The minimum Gasteiger partial charge on any atom is -0.348 e. The zero-order valence-electron chi connectivity index (χ0n) is 12.4. The molecule has 2 aromatic carbocycles. The van der Waals surface area contributed by atoms with Crippen LogP contribution in [0.2, 0.25) is 0 Å². The minimum absolute atomic E-state index is 0.117. The van der Waals surface area contributed by atoms with E-state index in [1.807, 2.05) is 65.5 Å². The Hall–Kier alpha value is -3.32. The van der Waals surface area contributed by atoms with Gasteiger partial charge in [-0.15, -0.1) is 0 Å². The van der Waals surface area contributed by atoms with Crippen LogP contribution in [0.1, 0.15) is 21.5 Å². The number of hydrogen-bond acceptors (Lipinski definition) is 2. The van der Waals surface area contributed by atoms with Gasteiger partial charge in [-0.25, -0.2) is 0 Å². The van der Waals surface area contributed by atoms with Gasteiger partial charge in [0.1, 0.15) is 0 Å². The first-order chi connectivity index (χ1) is 11.3. The fourth-order valence-corrected chi connectivity index (χ4v) is 2.27. The summed E-state index contributed by atoms with van der Waals surface area (Å²) in [4.78, 5) is 12.2. The molecule has 1 heterocycles. The lowest BCUT2D eigenvalue weighted by atomic mass is 10.1. The van der Waals surface area contributed by atoms with Gasteiger partial charge in [0.2, 0.25) is 0 Å². The van der Waals surface area contributed by atoms with E-state index >= 15 is 0 Å². The maximum atomic E-state index is 12.2. The van der Waals surface area contributed by atoms with Crippen LogP contribution >= 0.6 is 0 Å². The van der Waals surface area contributed by atoms with Crippen molar-refractivity contribution in [2.75, 3.05) is 0 Å². The summed E-state index contributed by atoms with van der Waals surface area (Å²) in [6, 6.07) is 20.6. The Morgan fingerprint density at radius 1 is 1.00 bits per heavy atom. The Morgan fingerprint density at radius 3 is 2.26 bits per heavy atom. The smallest absolute Gasteiger partial charge is 0.251 e. The lowest BCUT2D eigenvalue weighted by Gasteiger charge is -2.07. The van der Waals surface area contributed by atoms with Gasteiger partial charge < -0.3 is 9.88 Å². The van der Waals surface area contributed by atoms with Crippen molar-refractivity contribution < 1.29 is 4.79 Å². The minimum atomic E-state index is -0.117. The van der Waals surface area contributed by atoms with Crippen LogP contribution in [-0.4, -0.2) is 10.5 Å². The molecule has 0 spiro atoms. The topological polar surface area (TPSA) is 57.8 Å². The van der Waals surface area contributed by atoms with Crippen LogP contribution in [0.25, 0.3) is 5.69 Å². The summed E-state index contributed by atoms with van der Waals surface area (Å²) >= 11 is 0. The van der Waals surface area contributed by atoms with E-state index in [0.717, 1.165) is 11.3 Å². The normalized spacial score (nSPS) is 10.0. The largest absolute Gasteiger partial charge is 0.348 e. The maximum absolute atomic E-state index is 12.2. The molecule has 112 valence electrons. The highest BCUT2D eigenvalue weighted by molar-refractivity contribution is 5.94. The first kappa shape index (κ1) is 14.6. The van der Waals surface area contributed by atoms with Gasteiger partial charge in [-0.2, -0.15) is 5.26 Å². The maximum Gasteiger partial charge on any atom is 0.251 e. The lowest BCUT2D eigenvalue weighted by molar-refractivity contribution is 0.0951. The summed E-state index contributed by atoms with van der Waals surface area (Å²) in [6.07, 6.45) is 3.92. The highest BCUT2D eigenvalue weighted by Gasteiger charge is 2.05. The third kappa shape index (κ3) is 3.47. The van der Waals surface area contributed by atoms with Crippen molar-refractivity contribution in [3.63, 3.8) is 0 Å². The number of hydrogen-bond donors (Lipinski definition) is 1. The van der Waals surface area contributed by atoms with Crippen LogP contribution in [0.15, 0.2) is 73.1 Å². The van der Waals surface area contributed by atoms with Crippen LogP contribution in [0.3, 0.4) is 0 Å². The number of amides is 1. The SMILES string of the molecule is N#Cc1ccc(CNC(=O)c2ccc(-n3cccc3)cc2)cc1. The second-order valence-electron chi connectivity index (χ2n) is 5.13. The molecule has 0 bridgehead atoms. The number of nitrogens with one attached hydrogen (secondary N) is 1. The molecule has 0 aliphatic heterocycles. The molecule has 0 saturated heterocycles. The van der Waals surface area contributed by atoms with Crippen LogP contribution in [0.5, 0.6) is 0 Å². The van der Waals surface area contributed by atoms with Gasteiger partial charge in [0.05, 0.1) is 11.6 Å². The number of carbonyl (C=O) groups is 1. The van der Waals surface area contributed by atoms with Gasteiger partial charge >= 0.3 is 0 Å². The average molecular weight is 301 g/mol. The first-order valence-corrected chi connectivity index (χ1v) is 7.27. The van der Waals surface area contributed by atoms with E-state index in [0.29, 0.717) is 17.7 Å². The fraction of sp³-hybridized carbons (Fsp3) is 0.0526. The van der Waals surface area contributed by atoms with Crippen molar-refractivity contribution in [1.29, 1.82) is 5.26 Å². The molecule has 0 atom stereocenters. The van der Waals surface area contributed by atoms with Crippen molar-refractivity contribution in [1.82, 2.24) is 9.88 Å². The quantitative estimate of drug-likeness (QED) is 0.804. The standard InChI is InChI=1S/C19H15N3O/c20-13-15-3-5-16(6-4-15)14-21-19(23)17-7-9-18(10-8-17)22-11-1-2-12-22/h1-12H,14H2,(H,21,23). The number of carbonyl (C=O) groups excluding carboxylic acids is 1. The summed E-state index contributed by atoms with van der Waals surface area (Å²) in [5, 5.41) is 11.6. The highest BCUT2D eigenvalue weighted by Crippen LogP contribution is 2.10. The van der Waals surface area contributed by atoms with E-state index in [1.165, 1.54) is 0 Å². The summed E-state index contributed by atoms with van der Waals surface area (Å²) < 4.78 is 1.98. The average Bonchev–Trinajstić information content (AvgIpc) is 3.15. The molecule has 1 N–H and O–H groups in total. The van der Waals surface area contributed by atoms with E-state index in [2.05, 4.69) is 11.4 Å². The molecule has 0 aliphatic carbocycles. The molecule has 1 aromatic heterocycles. The number of nitriles is 1. The number of rotatable bonds is 4. The van der Waals surface area contributed by atoms with Crippen molar-refractivity contribution in [3.8, 4) is 11.8 Å². The molecule has 0 radical (unpaired) electrons. The number of aromatic nitrogens is 1. The predicted molar refractivity (Wildman–Crippen MR) is 88.1 cm³/mol. The predicted octanol–water partition coefficient (Wildman–Crippen LogP) is 3.28. The molecule has 23 heavy (non-hydrogen) atoms. The molecule has 0 fully saturated rings. The van der Waals surface area contributed by atoms with Crippen LogP contribution in [0, 0.1) is 11.3 Å². The van der Waals surface area contributed by atoms with Crippen molar-refractivity contribution in [3.05, 3.63) is 89.7 Å². The van der Waals surface area contributed by atoms with Crippen LogP contribution in [0.4, 0.5) is 0 Å². The Labute approximate surface area is 134 Å². The second-order valence-corrected chi connectivity index (χ2v) is 5.13. The third-order valence-electron chi connectivity index (χ3n) is 3.57. The second kappa shape index (κ2) is 6.63. The zero-order chi connectivity index (χ0) is 16.1. The molecule has 3 rings (SSSR count). The molecule has 3 aromatic rings. The molecule has 4 nitrogen and oxygen atoms in total. The van der Waals surface area contributed by atoms with E-state index in [-0.39, 0.29) is 5.91 Å². The van der Waals surface area contributed by atoms with Crippen molar-refractivity contribution in [2.24, 2.45) is 0 Å². The molecular weight excluding hydrogens is 286 g/mol. The first-order valence-electron chi connectivity index (χ1n) is 7.27. The Balaban J connectivity index is 1.62. The van der Waals surface area contributed by atoms with Gasteiger partial charge in [-0.05, 0) is 54.1 Å². The molecule has 4 heteroatoms. The van der Waals surface area contributed by atoms with Gasteiger partial charge in [-0.3, -0.25) is 4.79 Å². The van der Waals surface area contributed by atoms with E-state index in [4.69, 9.17) is 5.26 Å². The summed E-state index contributed by atoms with van der Waals surface area (Å²) in [6.45, 7) is 0.434. The van der Waals surface area contributed by atoms with E-state index < -0.39 is 0 Å². The zero-order valence-corrected chi connectivity index (χ0v) is 12.4. The van der Waals surface area contributed by atoms with Crippen LogP contribution in [-0.2, 0) is 6.54 Å². The molecule has 0 saturated carbocycles. The molecular formula is C19H15N3O. The Morgan fingerprint density at radius 2 is 1.65 bits per heavy atom. The Bertz CT molecular complexity index is 826. The number of nitrogens with zero attached hydrogens (tertiary/aromatic N) is 2. The highest BCUT2D eigenvalue weighted by atomic mass is 16.1.